The monoisotopic (exact) mass is 207 g/mol. The van der Waals surface area contributed by atoms with Crippen molar-refractivity contribution in [3.05, 3.63) is 11.1 Å². The van der Waals surface area contributed by atoms with E-state index in [9.17, 15) is 5.26 Å². The van der Waals surface area contributed by atoms with Crippen LogP contribution in [-0.2, 0) is 6.42 Å². The molecule has 1 aliphatic carbocycles. The Morgan fingerprint density at radius 3 is 3.14 bits per heavy atom. The third kappa shape index (κ3) is 1.53. The van der Waals surface area contributed by atoms with Crippen molar-refractivity contribution in [2.75, 3.05) is 0 Å². The normalized spacial score (nSPS) is 31.6. The quantitative estimate of drug-likeness (QED) is 0.748. The third-order valence-electron chi connectivity index (χ3n) is 3.32. The maximum Gasteiger partial charge on any atom is 0.0696 e. The van der Waals surface area contributed by atoms with Gasteiger partial charge < -0.3 is 0 Å². The first-order valence-electron chi connectivity index (χ1n) is 4.94. The van der Waals surface area contributed by atoms with Gasteiger partial charge in [0.25, 0.3) is 0 Å². The maximum atomic E-state index is 9.30. The van der Waals surface area contributed by atoms with Crippen molar-refractivity contribution >= 4 is 11.5 Å². The molecule has 0 radical (unpaired) electrons. The summed E-state index contributed by atoms with van der Waals surface area (Å²) in [7, 11) is 0. The lowest BCUT2D eigenvalue weighted by molar-refractivity contribution is 0.307. The minimum absolute atomic E-state index is 0.145. The molecule has 0 spiro atoms. The first kappa shape index (κ1) is 9.60. The Hall–Kier alpha value is -0.950. The molecule has 0 N–H and O–H groups in total. The molecule has 1 heterocycles. The van der Waals surface area contributed by atoms with Gasteiger partial charge in [0.05, 0.1) is 17.7 Å². The fourth-order valence-corrected chi connectivity index (χ4v) is 2.91. The minimum atomic E-state index is -0.145. The molecule has 4 heteroatoms. The second-order valence-corrected chi connectivity index (χ2v) is 4.99. The van der Waals surface area contributed by atoms with Gasteiger partial charge in [-0.2, -0.15) is 5.26 Å². The molecule has 0 bridgehead atoms. The van der Waals surface area contributed by atoms with E-state index >= 15 is 0 Å². The zero-order valence-electron chi connectivity index (χ0n) is 8.23. The summed E-state index contributed by atoms with van der Waals surface area (Å²) < 4.78 is 3.84. The smallest absolute Gasteiger partial charge is 0.0696 e. The number of hydrogen-bond acceptors (Lipinski definition) is 4. The summed E-state index contributed by atoms with van der Waals surface area (Å²) in [5, 5.41) is 13.1. The fourth-order valence-electron chi connectivity index (χ4n) is 2.29. The molecule has 0 aromatic carbocycles. The SMILES string of the molecule is CC1CCCC1(C#N)Cc1cnns1. The predicted molar refractivity (Wildman–Crippen MR) is 54.7 cm³/mol. The largest absolute Gasteiger partial charge is 0.198 e. The van der Waals surface area contributed by atoms with Gasteiger partial charge in [-0.3, -0.25) is 0 Å². The van der Waals surface area contributed by atoms with Gasteiger partial charge in [0, 0.05) is 11.3 Å². The average Bonchev–Trinajstić information content (AvgIpc) is 2.79. The summed E-state index contributed by atoms with van der Waals surface area (Å²) in [5.74, 6) is 0.509. The van der Waals surface area contributed by atoms with Crippen molar-refractivity contribution in [2.45, 2.75) is 32.6 Å². The second kappa shape index (κ2) is 3.66. The molecular weight excluding hydrogens is 194 g/mol. The third-order valence-corrected chi connectivity index (χ3v) is 3.98. The van der Waals surface area contributed by atoms with Crippen molar-refractivity contribution in [1.29, 1.82) is 5.26 Å². The van der Waals surface area contributed by atoms with Gasteiger partial charge in [-0.15, -0.1) is 5.10 Å². The number of hydrogen-bond donors (Lipinski definition) is 0. The van der Waals surface area contributed by atoms with Gasteiger partial charge in [-0.1, -0.05) is 17.8 Å². The van der Waals surface area contributed by atoms with E-state index in [4.69, 9.17) is 0 Å². The summed E-state index contributed by atoms with van der Waals surface area (Å²) in [6, 6.07) is 2.52. The van der Waals surface area contributed by atoms with E-state index in [1.807, 2.05) is 0 Å². The van der Waals surface area contributed by atoms with Gasteiger partial charge in [0.15, 0.2) is 0 Å². The standard InChI is InChI=1S/C10H13N3S/c1-8-3-2-4-10(8,7-11)5-9-6-12-13-14-9/h6,8H,2-5H2,1H3. The summed E-state index contributed by atoms with van der Waals surface area (Å²) in [6.07, 6.45) is 6.01. The summed E-state index contributed by atoms with van der Waals surface area (Å²) >= 11 is 1.41. The van der Waals surface area contributed by atoms with Crippen LogP contribution >= 0.6 is 11.5 Å². The molecule has 0 aliphatic heterocycles. The van der Waals surface area contributed by atoms with Crippen LogP contribution in [0.4, 0.5) is 0 Å². The van der Waals surface area contributed by atoms with Gasteiger partial charge in [-0.25, -0.2) is 0 Å². The van der Waals surface area contributed by atoms with Crippen molar-refractivity contribution in [2.24, 2.45) is 11.3 Å². The fraction of sp³-hybridized carbons (Fsp3) is 0.700. The van der Waals surface area contributed by atoms with Crippen molar-refractivity contribution < 1.29 is 0 Å². The van der Waals surface area contributed by atoms with E-state index in [0.29, 0.717) is 5.92 Å². The summed E-state index contributed by atoms with van der Waals surface area (Å²) in [6.45, 7) is 2.19. The summed E-state index contributed by atoms with van der Waals surface area (Å²) in [5.41, 5.74) is -0.145. The van der Waals surface area contributed by atoms with E-state index in [2.05, 4.69) is 22.6 Å². The Balaban J connectivity index is 2.18. The molecule has 3 nitrogen and oxygen atoms in total. The molecular formula is C10H13N3S. The van der Waals surface area contributed by atoms with Gasteiger partial charge in [-0.05, 0) is 30.3 Å². The first-order valence-corrected chi connectivity index (χ1v) is 5.72. The van der Waals surface area contributed by atoms with Crippen LogP contribution in [0, 0.1) is 22.7 Å². The molecule has 74 valence electrons. The highest BCUT2D eigenvalue weighted by molar-refractivity contribution is 7.05. The van der Waals surface area contributed by atoms with Crippen LogP contribution in [0.5, 0.6) is 0 Å². The van der Waals surface area contributed by atoms with Crippen LogP contribution in [0.1, 0.15) is 31.1 Å². The molecule has 1 fully saturated rings. The maximum absolute atomic E-state index is 9.30. The molecule has 1 saturated carbocycles. The minimum Gasteiger partial charge on any atom is -0.198 e. The van der Waals surface area contributed by atoms with Gasteiger partial charge in [0.1, 0.15) is 0 Å². The van der Waals surface area contributed by atoms with Crippen molar-refractivity contribution in [1.82, 2.24) is 9.59 Å². The van der Waals surface area contributed by atoms with E-state index in [1.165, 1.54) is 24.4 Å². The van der Waals surface area contributed by atoms with Crippen molar-refractivity contribution in [3.8, 4) is 6.07 Å². The lowest BCUT2D eigenvalue weighted by Gasteiger charge is -2.24. The van der Waals surface area contributed by atoms with Crippen LogP contribution in [0.3, 0.4) is 0 Å². The van der Waals surface area contributed by atoms with E-state index in [1.54, 1.807) is 6.20 Å². The number of aromatic nitrogens is 2. The zero-order chi connectivity index (χ0) is 10.0. The van der Waals surface area contributed by atoms with Crippen LogP contribution in [0.25, 0.3) is 0 Å². The Bertz CT molecular complexity index is 341. The van der Waals surface area contributed by atoms with E-state index in [0.717, 1.165) is 17.7 Å². The van der Waals surface area contributed by atoms with Crippen LogP contribution in [0.15, 0.2) is 6.20 Å². The number of rotatable bonds is 2. The molecule has 2 unspecified atom stereocenters. The van der Waals surface area contributed by atoms with Crippen LogP contribution in [-0.4, -0.2) is 9.59 Å². The van der Waals surface area contributed by atoms with Crippen molar-refractivity contribution in [3.63, 3.8) is 0 Å². The van der Waals surface area contributed by atoms with Gasteiger partial charge in [0.2, 0.25) is 0 Å². The Kier molecular flexibility index (Phi) is 2.51. The lowest BCUT2D eigenvalue weighted by Crippen LogP contribution is -2.24. The zero-order valence-corrected chi connectivity index (χ0v) is 9.05. The molecule has 1 aromatic heterocycles. The highest BCUT2D eigenvalue weighted by atomic mass is 32.1. The van der Waals surface area contributed by atoms with Gasteiger partial charge >= 0.3 is 0 Å². The second-order valence-electron chi connectivity index (χ2n) is 4.12. The summed E-state index contributed by atoms with van der Waals surface area (Å²) in [4.78, 5) is 1.14. The molecule has 0 saturated heterocycles. The molecule has 2 rings (SSSR count). The molecule has 1 aromatic rings. The number of nitriles is 1. The molecule has 14 heavy (non-hydrogen) atoms. The highest BCUT2D eigenvalue weighted by Gasteiger charge is 2.40. The Morgan fingerprint density at radius 2 is 2.64 bits per heavy atom. The Morgan fingerprint density at radius 1 is 1.79 bits per heavy atom. The molecule has 2 atom stereocenters. The highest BCUT2D eigenvalue weighted by Crippen LogP contribution is 2.45. The lowest BCUT2D eigenvalue weighted by atomic mass is 9.77. The van der Waals surface area contributed by atoms with E-state index in [-0.39, 0.29) is 5.41 Å². The van der Waals surface area contributed by atoms with E-state index < -0.39 is 0 Å². The first-order chi connectivity index (χ1) is 6.77. The topological polar surface area (TPSA) is 49.6 Å². The average molecular weight is 207 g/mol. The van der Waals surface area contributed by atoms with Crippen LogP contribution in [0.2, 0.25) is 0 Å². The predicted octanol–water partition coefficient (Wildman–Crippen LogP) is 2.41. The van der Waals surface area contributed by atoms with Crippen LogP contribution < -0.4 is 0 Å². The molecule has 0 amide bonds. The number of nitrogens with zero attached hydrogens (tertiary/aromatic N) is 3. The Labute approximate surface area is 87.9 Å². The molecule has 1 aliphatic rings.